The van der Waals surface area contributed by atoms with Crippen LogP contribution < -0.4 is 5.56 Å². The highest BCUT2D eigenvalue weighted by atomic mass is 32.2. The molecular formula is C10H14N4O2S2. The number of aromatic nitrogens is 3. The average Bonchev–Trinajstić information content (AvgIpc) is 2.69. The molecule has 98 valence electrons. The van der Waals surface area contributed by atoms with Crippen molar-refractivity contribution in [2.75, 3.05) is 20.4 Å². The second kappa shape index (κ2) is 4.96. The van der Waals surface area contributed by atoms with Gasteiger partial charge in [-0.15, -0.1) is 0 Å². The lowest BCUT2D eigenvalue weighted by Gasteiger charge is -2.11. The van der Waals surface area contributed by atoms with E-state index in [2.05, 4.69) is 9.97 Å². The topological polar surface area (TPSA) is 74.1 Å². The van der Waals surface area contributed by atoms with E-state index in [0.29, 0.717) is 27.1 Å². The molecule has 0 aliphatic carbocycles. The largest absolute Gasteiger partial charge is 0.610 e. The molecule has 0 spiro atoms. The SMILES string of the molecule is CN(C)Cc1nc2sc([S+](C)[O-])nc2c(=O)n1C. The van der Waals surface area contributed by atoms with Crippen molar-refractivity contribution < 1.29 is 4.55 Å². The standard InChI is InChI=1S/C10H14N4O2S2/c1-13(2)5-6-11-8-7(9(15)14(6)3)12-10(17-8)18(4)16/h5H2,1-4H3. The lowest BCUT2D eigenvalue weighted by atomic mass is 10.4. The summed E-state index contributed by atoms with van der Waals surface area (Å²) in [5, 5.41) is 0. The van der Waals surface area contributed by atoms with Gasteiger partial charge in [-0.1, -0.05) is 0 Å². The van der Waals surface area contributed by atoms with Crippen LogP contribution in [0.2, 0.25) is 0 Å². The van der Waals surface area contributed by atoms with Gasteiger partial charge in [0.2, 0.25) is 0 Å². The van der Waals surface area contributed by atoms with Crippen LogP contribution in [0.1, 0.15) is 5.82 Å². The molecule has 0 radical (unpaired) electrons. The highest BCUT2D eigenvalue weighted by Crippen LogP contribution is 2.21. The van der Waals surface area contributed by atoms with Crippen LogP contribution in [0, 0.1) is 0 Å². The highest BCUT2D eigenvalue weighted by Gasteiger charge is 2.18. The van der Waals surface area contributed by atoms with E-state index in [4.69, 9.17) is 0 Å². The summed E-state index contributed by atoms with van der Waals surface area (Å²) < 4.78 is 13.3. The molecule has 1 atom stereocenters. The van der Waals surface area contributed by atoms with Crippen molar-refractivity contribution in [1.82, 2.24) is 19.4 Å². The van der Waals surface area contributed by atoms with Gasteiger partial charge < -0.3 is 9.45 Å². The smallest absolute Gasteiger partial charge is 0.304 e. The maximum atomic E-state index is 12.1. The third-order valence-electron chi connectivity index (χ3n) is 2.42. The summed E-state index contributed by atoms with van der Waals surface area (Å²) in [5.41, 5.74) is 0.111. The number of hydrogen-bond acceptors (Lipinski definition) is 6. The number of fused-ring (bicyclic) bond motifs is 1. The number of nitrogens with zero attached hydrogens (tertiary/aromatic N) is 4. The molecule has 0 bridgehead atoms. The van der Waals surface area contributed by atoms with Gasteiger partial charge in [-0.05, 0) is 25.4 Å². The molecule has 0 aromatic carbocycles. The molecule has 2 aromatic rings. The minimum atomic E-state index is -1.18. The van der Waals surface area contributed by atoms with Crippen molar-refractivity contribution in [3.8, 4) is 0 Å². The van der Waals surface area contributed by atoms with Crippen molar-refractivity contribution in [2.45, 2.75) is 10.9 Å². The molecule has 2 rings (SSSR count). The van der Waals surface area contributed by atoms with Gasteiger partial charge in [-0.2, -0.15) is 4.98 Å². The summed E-state index contributed by atoms with van der Waals surface area (Å²) in [6.07, 6.45) is 1.54. The van der Waals surface area contributed by atoms with Gasteiger partial charge in [0.25, 0.3) is 5.56 Å². The molecule has 0 fully saturated rings. The number of rotatable bonds is 3. The number of hydrogen-bond donors (Lipinski definition) is 0. The highest BCUT2D eigenvalue weighted by molar-refractivity contribution is 7.92. The monoisotopic (exact) mass is 286 g/mol. The Bertz CT molecular complexity index is 633. The van der Waals surface area contributed by atoms with Gasteiger partial charge in [0.1, 0.15) is 12.1 Å². The molecule has 0 amide bonds. The molecule has 0 N–H and O–H groups in total. The van der Waals surface area contributed by atoms with E-state index in [0.717, 1.165) is 0 Å². The van der Waals surface area contributed by atoms with Crippen LogP contribution in [0.5, 0.6) is 0 Å². The van der Waals surface area contributed by atoms with Gasteiger partial charge >= 0.3 is 4.34 Å². The van der Waals surface area contributed by atoms with Crippen molar-refractivity contribution in [3.63, 3.8) is 0 Å². The first-order chi connectivity index (χ1) is 8.40. The number of thiazole rings is 1. The molecular weight excluding hydrogens is 272 g/mol. The van der Waals surface area contributed by atoms with Crippen LogP contribution in [0.3, 0.4) is 0 Å². The quantitative estimate of drug-likeness (QED) is 0.753. The molecule has 6 nitrogen and oxygen atoms in total. The Kier molecular flexibility index (Phi) is 3.71. The molecule has 0 aliphatic heterocycles. The molecule has 2 aromatic heterocycles. The maximum Gasteiger partial charge on any atom is 0.304 e. The molecule has 1 unspecified atom stereocenters. The van der Waals surface area contributed by atoms with Gasteiger partial charge in [-0.3, -0.25) is 9.36 Å². The molecule has 2 heterocycles. The zero-order valence-corrected chi connectivity index (χ0v) is 12.3. The van der Waals surface area contributed by atoms with Crippen LogP contribution in [-0.2, 0) is 24.8 Å². The lowest BCUT2D eigenvalue weighted by Crippen LogP contribution is -2.25. The van der Waals surface area contributed by atoms with Crippen LogP contribution in [0.25, 0.3) is 10.3 Å². The fourth-order valence-corrected chi connectivity index (χ4v) is 3.13. The first kappa shape index (κ1) is 13.5. The Morgan fingerprint density at radius 1 is 1.44 bits per heavy atom. The van der Waals surface area contributed by atoms with Crippen LogP contribution in [0.15, 0.2) is 9.13 Å². The van der Waals surface area contributed by atoms with E-state index < -0.39 is 11.2 Å². The lowest BCUT2D eigenvalue weighted by molar-refractivity contribution is 0.382. The van der Waals surface area contributed by atoms with Gasteiger partial charge in [0, 0.05) is 18.2 Å². The maximum absolute atomic E-state index is 12.1. The Morgan fingerprint density at radius 3 is 2.67 bits per heavy atom. The van der Waals surface area contributed by atoms with Crippen molar-refractivity contribution >= 4 is 32.9 Å². The zero-order chi connectivity index (χ0) is 13.4. The van der Waals surface area contributed by atoms with E-state index in [1.807, 2.05) is 19.0 Å². The molecule has 0 saturated heterocycles. The summed E-state index contributed by atoms with van der Waals surface area (Å²) >= 11 is 0.0303. The fourth-order valence-electron chi connectivity index (χ4n) is 1.52. The Labute approximate surface area is 111 Å². The molecule has 0 saturated carbocycles. The van der Waals surface area contributed by atoms with Crippen LogP contribution >= 0.6 is 11.3 Å². The van der Waals surface area contributed by atoms with E-state index >= 15 is 0 Å². The minimum Gasteiger partial charge on any atom is -0.610 e. The third kappa shape index (κ3) is 2.41. The third-order valence-corrected chi connectivity index (χ3v) is 4.70. The van der Waals surface area contributed by atoms with E-state index in [1.54, 1.807) is 13.3 Å². The predicted octanol–water partition coefficient (Wildman–Crippen LogP) is 0.189. The van der Waals surface area contributed by atoms with Crippen molar-refractivity contribution in [1.29, 1.82) is 0 Å². The van der Waals surface area contributed by atoms with E-state index in [-0.39, 0.29) is 5.56 Å². The summed E-state index contributed by atoms with van der Waals surface area (Å²) in [4.78, 5) is 23.1. The predicted molar refractivity (Wildman–Crippen MR) is 72.4 cm³/mol. The van der Waals surface area contributed by atoms with Crippen LogP contribution in [0.4, 0.5) is 0 Å². The zero-order valence-electron chi connectivity index (χ0n) is 10.6. The second-order valence-corrected chi connectivity index (χ2v) is 6.75. The summed E-state index contributed by atoms with van der Waals surface area (Å²) in [5.74, 6) is 0.676. The molecule has 8 heteroatoms. The second-order valence-electron chi connectivity index (χ2n) is 4.22. The minimum absolute atomic E-state index is 0.190. The van der Waals surface area contributed by atoms with Gasteiger partial charge in [-0.25, -0.2) is 4.98 Å². The summed E-state index contributed by atoms with van der Waals surface area (Å²) in [6, 6.07) is 0. The molecule has 0 aliphatic rings. The van der Waals surface area contributed by atoms with Crippen molar-refractivity contribution in [3.05, 3.63) is 16.2 Å². The van der Waals surface area contributed by atoms with Crippen LogP contribution in [-0.4, -0.2) is 44.3 Å². The first-order valence-corrected chi connectivity index (χ1v) is 7.62. The van der Waals surface area contributed by atoms with Gasteiger partial charge in [0.05, 0.1) is 6.54 Å². The Balaban J connectivity index is 2.64. The van der Waals surface area contributed by atoms with E-state index in [9.17, 15) is 9.35 Å². The molecule has 18 heavy (non-hydrogen) atoms. The van der Waals surface area contributed by atoms with E-state index in [1.165, 1.54) is 15.9 Å². The normalized spacial score (nSPS) is 13.4. The Hall–Kier alpha value is -0.960. The average molecular weight is 286 g/mol. The Morgan fingerprint density at radius 2 is 2.11 bits per heavy atom. The summed E-state index contributed by atoms with van der Waals surface area (Å²) in [7, 11) is 5.50. The van der Waals surface area contributed by atoms with Gasteiger partial charge in [0.15, 0.2) is 10.3 Å². The summed E-state index contributed by atoms with van der Waals surface area (Å²) in [6.45, 7) is 0.574. The van der Waals surface area contributed by atoms with Crippen molar-refractivity contribution in [2.24, 2.45) is 7.05 Å². The first-order valence-electron chi connectivity index (χ1n) is 5.24. The fraction of sp³-hybridized carbons (Fsp3) is 0.500.